The lowest BCUT2D eigenvalue weighted by molar-refractivity contribution is 0.174. The van der Waals surface area contributed by atoms with E-state index in [1.165, 1.54) is 25.1 Å². The molecule has 1 N–H and O–H groups in total. The van der Waals surface area contributed by atoms with Crippen LogP contribution in [0.2, 0.25) is 5.02 Å². The van der Waals surface area contributed by atoms with E-state index in [4.69, 9.17) is 11.6 Å². The SMILES string of the molecule is CC1CN(C)CCC1NCc1ccc(Cl)c(Br)c1. The maximum atomic E-state index is 6.00. The van der Waals surface area contributed by atoms with E-state index in [-0.39, 0.29) is 0 Å². The molecule has 100 valence electrons. The Morgan fingerprint density at radius 3 is 2.94 bits per heavy atom. The summed E-state index contributed by atoms with van der Waals surface area (Å²) in [4.78, 5) is 2.40. The topological polar surface area (TPSA) is 15.3 Å². The summed E-state index contributed by atoms with van der Waals surface area (Å²) in [6.07, 6.45) is 1.23. The minimum Gasteiger partial charge on any atom is -0.310 e. The Balaban J connectivity index is 1.89. The molecule has 0 spiro atoms. The molecule has 18 heavy (non-hydrogen) atoms. The van der Waals surface area contributed by atoms with Crippen molar-refractivity contribution in [3.8, 4) is 0 Å². The fraction of sp³-hybridized carbons (Fsp3) is 0.571. The van der Waals surface area contributed by atoms with Crippen LogP contribution >= 0.6 is 27.5 Å². The van der Waals surface area contributed by atoms with Gasteiger partial charge in [-0.05, 0) is 59.6 Å². The average molecular weight is 332 g/mol. The van der Waals surface area contributed by atoms with Gasteiger partial charge in [0.2, 0.25) is 0 Å². The lowest BCUT2D eigenvalue weighted by Crippen LogP contribution is -2.46. The lowest BCUT2D eigenvalue weighted by atomic mass is 9.94. The Morgan fingerprint density at radius 2 is 2.28 bits per heavy atom. The van der Waals surface area contributed by atoms with Crippen LogP contribution in [0.1, 0.15) is 18.9 Å². The number of halogens is 2. The van der Waals surface area contributed by atoms with Crippen LogP contribution in [0.25, 0.3) is 0 Å². The third kappa shape index (κ3) is 3.70. The number of piperidine rings is 1. The highest BCUT2D eigenvalue weighted by Crippen LogP contribution is 2.23. The summed E-state index contributed by atoms with van der Waals surface area (Å²) in [5, 5.41) is 4.43. The van der Waals surface area contributed by atoms with Crippen molar-refractivity contribution in [3.05, 3.63) is 33.3 Å². The first-order chi connectivity index (χ1) is 8.56. The molecular formula is C14H20BrClN2. The minimum absolute atomic E-state index is 0.621. The molecule has 1 aliphatic heterocycles. The molecule has 1 saturated heterocycles. The van der Waals surface area contributed by atoms with Gasteiger partial charge in [0, 0.05) is 23.6 Å². The molecule has 1 heterocycles. The summed E-state index contributed by atoms with van der Waals surface area (Å²) >= 11 is 9.46. The number of nitrogens with one attached hydrogen (secondary N) is 1. The summed E-state index contributed by atoms with van der Waals surface area (Å²) in [7, 11) is 2.20. The van der Waals surface area contributed by atoms with Gasteiger partial charge in [-0.25, -0.2) is 0 Å². The molecule has 2 unspecified atom stereocenters. The van der Waals surface area contributed by atoms with Gasteiger partial charge in [0.25, 0.3) is 0 Å². The quantitative estimate of drug-likeness (QED) is 0.911. The van der Waals surface area contributed by atoms with Gasteiger partial charge in [-0.15, -0.1) is 0 Å². The van der Waals surface area contributed by atoms with Crippen LogP contribution in [0.3, 0.4) is 0 Å². The zero-order valence-corrected chi connectivity index (χ0v) is 13.3. The van der Waals surface area contributed by atoms with Crippen molar-refractivity contribution >= 4 is 27.5 Å². The van der Waals surface area contributed by atoms with E-state index in [9.17, 15) is 0 Å². The molecule has 0 radical (unpaired) electrons. The van der Waals surface area contributed by atoms with E-state index >= 15 is 0 Å². The van der Waals surface area contributed by atoms with Gasteiger partial charge in [0.05, 0.1) is 5.02 Å². The van der Waals surface area contributed by atoms with Gasteiger partial charge in [-0.3, -0.25) is 0 Å². The third-order valence-electron chi connectivity index (χ3n) is 3.66. The van der Waals surface area contributed by atoms with Crippen LogP contribution in [0.5, 0.6) is 0 Å². The molecule has 2 rings (SSSR count). The van der Waals surface area contributed by atoms with Gasteiger partial charge >= 0.3 is 0 Å². The zero-order valence-electron chi connectivity index (χ0n) is 10.9. The fourth-order valence-electron chi connectivity index (χ4n) is 2.56. The predicted octanol–water partition coefficient (Wildman–Crippen LogP) is 3.53. The molecule has 1 fully saturated rings. The van der Waals surface area contributed by atoms with Gasteiger partial charge in [-0.2, -0.15) is 0 Å². The number of nitrogens with zero attached hydrogens (tertiary/aromatic N) is 1. The summed E-state index contributed by atoms with van der Waals surface area (Å²) in [5.41, 5.74) is 1.28. The first-order valence-electron chi connectivity index (χ1n) is 6.42. The van der Waals surface area contributed by atoms with Gasteiger partial charge in [0.1, 0.15) is 0 Å². The Morgan fingerprint density at radius 1 is 1.50 bits per heavy atom. The summed E-state index contributed by atoms with van der Waals surface area (Å²) < 4.78 is 0.972. The molecule has 2 nitrogen and oxygen atoms in total. The summed E-state index contributed by atoms with van der Waals surface area (Å²) in [5.74, 6) is 0.708. The van der Waals surface area contributed by atoms with Crippen molar-refractivity contribution in [2.75, 3.05) is 20.1 Å². The van der Waals surface area contributed by atoms with Gasteiger partial charge < -0.3 is 10.2 Å². The number of hydrogen-bond acceptors (Lipinski definition) is 2. The minimum atomic E-state index is 0.621. The van der Waals surface area contributed by atoms with Crippen molar-refractivity contribution in [2.45, 2.75) is 25.9 Å². The molecule has 0 saturated carbocycles. The fourth-order valence-corrected chi connectivity index (χ4v) is 3.10. The van der Waals surface area contributed by atoms with Crippen molar-refractivity contribution in [1.29, 1.82) is 0 Å². The van der Waals surface area contributed by atoms with E-state index in [2.05, 4.69) is 52.3 Å². The Bertz CT molecular complexity index is 411. The number of benzene rings is 1. The maximum Gasteiger partial charge on any atom is 0.0548 e. The zero-order chi connectivity index (χ0) is 13.1. The van der Waals surface area contributed by atoms with E-state index in [0.717, 1.165) is 16.0 Å². The highest BCUT2D eigenvalue weighted by Gasteiger charge is 2.23. The normalized spacial score (nSPS) is 25.3. The lowest BCUT2D eigenvalue weighted by Gasteiger charge is -2.35. The second kappa shape index (κ2) is 6.38. The number of hydrogen-bond donors (Lipinski definition) is 1. The molecule has 2 atom stereocenters. The first kappa shape index (κ1) is 14.3. The first-order valence-corrected chi connectivity index (χ1v) is 7.59. The van der Waals surface area contributed by atoms with E-state index in [1.807, 2.05) is 6.07 Å². The van der Waals surface area contributed by atoms with Crippen LogP contribution in [0.15, 0.2) is 22.7 Å². The second-order valence-electron chi connectivity index (χ2n) is 5.26. The standard InChI is InChI=1S/C14H20BrClN2/c1-10-9-18(2)6-5-14(10)17-8-11-3-4-13(16)12(15)7-11/h3-4,7,10,14,17H,5-6,8-9H2,1-2H3. The Labute approximate surface area is 123 Å². The summed E-state index contributed by atoms with van der Waals surface area (Å²) in [6, 6.07) is 6.74. The monoisotopic (exact) mass is 330 g/mol. The highest BCUT2D eigenvalue weighted by atomic mass is 79.9. The molecule has 1 aromatic carbocycles. The van der Waals surface area contributed by atoms with Crippen LogP contribution in [-0.2, 0) is 6.54 Å². The van der Waals surface area contributed by atoms with Crippen molar-refractivity contribution in [3.63, 3.8) is 0 Å². The molecular weight excluding hydrogens is 312 g/mol. The molecule has 0 bridgehead atoms. The van der Waals surface area contributed by atoms with Crippen molar-refractivity contribution < 1.29 is 0 Å². The highest BCUT2D eigenvalue weighted by molar-refractivity contribution is 9.10. The largest absolute Gasteiger partial charge is 0.310 e. The van der Waals surface area contributed by atoms with Crippen molar-refractivity contribution in [2.24, 2.45) is 5.92 Å². The maximum absolute atomic E-state index is 6.00. The molecule has 0 aliphatic carbocycles. The van der Waals surface area contributed by atoms with E-state index in [1.54, 1.807) is 0 Å². The number of rotatable bonds is 3. The van der Waals surface area contributed by atoms with Gasteiger partial charge in [-0.1, -0.05) is 24.6 Å². The molecule has 0 amide bonds. The Hall–Kier alpha value is -0.0900. The van der Waals surface area contributed by atoms with Gasteiger partial charge in [0.15, 0.2) is 0 Å². The predicted molar refractivity (Wildman–Crippen MR) is 81.1 cm³/mol. The van der Waals surface area contributed by atoms with E-state index < -0.39 is 0 Å². The average Bonchev–Trinajstić information content (AvgIpc) is 2.32. The second-order valence-corrected chi connectivity index (χ2v) is 6.53. The van der Waals surface area contributed by atoms with Crippen LogP contribution in [0, 0.1) is 5.92 Å². The Kier molecular flexibility index (Phi) is 5.07. The number of likely N-dealkylation sites (tertiary alicyclic amines) is 1. The van der Waals surface area contributed by atoms with Crippen LogP contribution in [-0.4, -0.2) is 31.1 Å². The smallest absolute Gasteiger partial charge is 0.0548 e. The molecule has 0 aromatic heterocycles. The molecule has 1 aliphatic rings. The van der Waals surface area contributed by atoms with Crippen LogP contribution < -0.4 is 5.32 Å². The summed E-state index contributed by atoms with van der Waals surface area (Å²) in [6.45, 7) is 5.61. The molecule has 4 heteroatoms. The van der Waals surface area contributed by atoms with Crippen LogP contribution in [0.4, 0.5) is 0 Å². The third-order valence-corrected chi connectivity index (χ3v) is 4.87. The van der Waals surface area contributed by atoms with E-state index in [0.29, 0.717) is 12.0 Å². The molecule has 1 aromatic rings. The van der Waals surface area contributed by atoms with Crippen molar-refractivity contribution in [1.82, 2.24) is 10.2 Å².